The van der Waals surface area contributed by atoms with Crippen LogP contribution in [0.15, 0.2) is 48.6 Å². The number of carbonyl (C=O) groups excluding carboxylic acids is 3. The zero-order valence-corrected chi connectivity index (χ0v) is 39.7. The molecule has 0 bridgehead atoms. The van der Waals surface area contributed by atoms with E-state index in [0.29, 0.717) is 19.3 Å². The zero-order valence-electron chi connectivity index (χ0n) is 39.7. The van der Waals surface area contributed by atoms with Gasteiger partial charge in [-0.15, -0.1) is 0 Å². The lowest BCUT2D eigenvalue weighted by Crippen LogP contribution is -2.30. The third-order valence-electron chi connectivity index (χ3n) is 11.1. The summed E-state index contributed by atoms with van der Waals surface area (Å²) in [6.45, 7) is 6.53. The van der Waals surface area contributed by atoms with Crippen molar-refractivity contribution in [1.82, 2.24) is 0 Å². The fourth-order valence-corrected chi connectivity index (χ4v) is 7.20. The van der Waals surface area contributed by atoms with Gasteiger partial charge in [-0.25, -0.2) is 0 Å². The van der Waals surface area contributed by atoms with Crippen LogP contribution in [-0.2, 0) is 28.6 Å². The van der Waals surface area contributed by atoms with Crippen molar-refractivity contribution in [3.05, 3.63) is 48.6 Å². The maximum atomic E-state index is 12.7. The van der Waals surface area contributed by atoms with Gasteiger partial charge >= 0.3 is 17.9 Å². The van der Waals surface area contributed by atoms with Crippen molar-refractivity contribution < 1.29 is 28.6 Å². The van der Waals surface area contributed by atoms with Gasteiger partial charge in [-0.3, -0.25) is 14.4 Å². The van der Waals surface area contributed by atoms with Crippen LogP contribution in [0.4, 0.5) is 0 Å². The van der Waals surface area contributed by atoms with Crippen LogP contribution in [0.1, 0.15) is 258 Å². The first-order valence-corrected chi connectivity index (χ1v) is 25.6. The Labute approximate surface area is 371 Å². The number of esters is 3. The van der Waals surface area contributed by atoms with Crippen LogP contribution < -0.4 is 0 Å². The highest BCUT2D eigenvalue weighted by Gasteiger charge is 2.19. The molecule has 1 unspecified atom stereocenters. The number of ether oxygens (including phenoxy) is 3. The molecule has 0 radical (unpaired) electrons. The van der Waals surface area contributed by atoms with Gasteiger partial charge in [0.1, 0.15) is 13.2 Å². The molecule has 0 spiro atoms. The largest absolute Gasteiger partial charge is 0.462 e. The van der Waals surface area contributed by atoms with Crippen molar-refractivity contribution >= 4 is 17.9 Å². The van der Waals surface area contributed by atoms with Crippen molar-refractivity contribution in [3.63, 3.8) is 0 Å². The van der Waals surface area contributed by atoms with Gasteiger partial charge in [-0.2, -0.15) is 0 Å². The van der Waals surface area contributed by atoms with Crippen molar-refractivity contribution in [2.24, 2.45) is 0 Å². The minimum atomic E-state index is -0.822. The summed E-state index contributed by atoms with van der Waals surface area (Å²) in [6, 6.07) is 0. The quantitative estimate of drug-likeness (QED) is 0.0263. The van der Waals surface area contributed by atoms with E-state index in [0.717, 1.165) is 44.9 Å². The highest BCUT2D eigenvalue weighted by atomic mass is 16.6. The van der Waals surface area contributed by atoms with Gasteiger partial charge < -0.3 is 14.2 Å². The Morgan fingerprint density at radius 3 is 1.02 bits per heavy atom. The van der Waals surface area contributed by atoms with E-state index in [9.17, 15) is 14.4 Å². The fraction of sp³-hybridized carbons (Fsp3) is 0.796. The Balaban J connectivity index is 4.46. The van der Waals surface area contributed by atoms with Gasteiger partial charge in [0.15, 0.2) is 6.10 Å². The predicted molar refractivity (Wildman–Crippen MR) is 256 cm³/mol. The number of unbranched alkanes of at least 4 members (excludes halogenated alkanes) is 27. The molecule has 6 nitrogen and oxygen atoms in total. The van der Waals surface area contributed by atoms with Crippen molar-refractivity contribution in [2.75, 3.05) is 13.2 Å². The smallest absolute Gasteiger partial charge is 0.306 e. The second-order valence-electron chi connectivity index (χ2n) is 17.1. The highest BCUT2D eigenvalue weighted by molar-refractivity contribution is 5.71. The van der Waals surface area contributed by atoms with Crippen molar-refractivity contribution in [1.29, 1.82) is 0 Å². The summed E-state index contributed by atoms with van der Waals surface area (Å²) < 4.78 is 16.7. The average molecular weight is 841 g/mol. The van der Waals surface area contributed by atoms with Crippen molar-refractivity contribution in [2.45, 2.75) is 264 Å². The molecule has 0 aromatic carbocycles. The molecule has 0 heterocycles. The maximum absolute atomic E-state index is 12.7. The zero-order chi connectivity index (χ0) is 43.7. The van der Waals surface area contributed by atoms with Crippen LogP contribution in [0.25, 0.3) is 0 Å². The number of carbonyl (C=O) groups is 3. The molecule has 1 atom stereocenters. The molecule has 0 rings (SSSR count). The third kappa shape index (κ3) is 46.4. The van der Waals surface area contributed by atoms with Gasteiger partial charge in [0.25, 0.3) is 0 Å². The Bertz CT molecular complexity index is 1060. The van der Waals surface area contributed by atoms with E-state index in [1.807, 2.05) is 12.2 Å². The Kier molecular flexibility index (Phi) is 46.9. The highest BCUT2D eigenvalue weighted by Crippen LogP contribution is 2.15. The first-order chi connectivity index (χ1) is 29.5. The number of allylic oxidation sites excluding steroid dienone is 8. The van der Waals surface area contributed by atoms with Crippen LogP contribution in [0, 0.1) is 0 Å². The summed E-state index contributed by atoms with van der Waals surface area (Å²) in [5.41, 5.74) is 0. The predicted octanol–water partition coefficient (Wildman–Crippen LogP) is 16.7. The van der Waals surface area contributed by atoms with Crippen LogP contribution >= 0.6 is 0 Å². The molecular weight excluding hydrogens is 745 g/mol. The minimum absolute atomic E-state index is 0.110. The molecule has 0 aliphatic carbocycles. The molecule has 0 aromatic heterocycles. The second-order valence-corrected chi connectivity index (χ2v) is 17.1. The van der Waals surface area contributed by atoms with E-state index in [1.54, 1.807) is 0 Å². The topological polar surface area (TPSA) is 78.9 Å². The fourth-order valence-electron chi connectivity index (χ4n) is 7.20. The van der Waals surface area contributed by atoms with Gasteiger partial charge in [-0.05, 0) is 57.8 Å². The van der Waals surface area contributed by atoms with Crippen molar-refractivity contribution in [3.8, 4) is 0 Å². The lowest BCUT2D eigenvalue weighted by molar-refractivity contribution is -0.166. The van der Waals surface area contributed by atoms with Gasteiger partial charge in [0.2, 0.25) is 0 Å². The molecule has 0 aliphatic heterocycles. The molecule has 60 heavy (non-hydrogen) atoms. The van der Waals surface area contributed by atoms with E-state index < -0.39 is 6.10 Å². The summed E-state index contributed by atoms with van der Waals surface area (Å²) in [6.07, 6.45) is 58.4. The summed E-state index contributed by atoms with van der Waals surface area (Å²) >= 11 is 0. The van der Waals surface area contributed by atoms with Gasteiger partial charge in [0.05, 0.1) is 0 Å². The molecule has 6 heteroatoms. The minimum Gasteiger partial charge on any atom is -0.462 e. The van der Waals surface area contributed by atoms with Crippen LogP contribution in [0.2, 0.25) is 0 Å². The Hall–Kier alpha value is -2.63. The van der Waals surface area contributed by atoms with Crippen LogP contribution in [0.5, 0.6) is 0 Å². The van der Waals surface area contributed by atoms with E-state index in [1.165, 1.54) is 161 Å². The molecule has 0 aliphatic rings. The summed E-state index contributed by atoms with van der Waals surface area (Å²) in [5.74, 6) is -1.04. The number of hydrogen-bond acceptors (Lipinski definition) is 6. The standard InChI is InChI=1S/C54H96O6/c1-4-7-10-13-16-19-22-25-26-27-30-32-35-38-41-44-47-53(56)59-50-51(60-54(57)48-45-42-39-36-33-29-24-21-18-15-12-9-6-3)49-58-52(55)46-43-40-37-34-31-28-23-20-17-14-11-8-5-2/h28-29,31,33,37,39-40,42,51H,4-27,30,32,34-36,38,41,43-50H2,1-3H3/b31-28+,33-29+,40-37+,42-39+. The Morgan fingerprint density at radius 1 is 0.333 bits per heavy atom. The Morgan fingerprint density at radius 2 is 0.633 bits per heavy atom. The maximum Gasteiger partial charge on any atom is 0.306 e. The van der Waals surface area contributed by atoms with E-state index in [2.05, 4.69) is 57.2 Å². The first kappa shape index (κ1) is 57.4. The van der Waals surface area contributed by atoms with Gasteiger partial charge in [-0.1, -0.05) is 230 Å². The molecule has 0 aromatic rings. The van der Waals surface area contributed by atoms with Crippen LogP contribution in [0.3, 0.4) is 0 Å². The summed E-state index contributed by atoms with van der Waals surface area (Å²) in [5, 5.41) is 0. The lowest BCUT2D eigenvalue weighted by atomic mass is 10.0. The summed E-state index contributed by atoms with van der Waals surface area (Å²) in [7, 11) is 0. The van der Waals surface area contributed by atoms with E-state index in [-0.39, 0.29) is 44.0 Å². The van der Waals surface area contributed by atoms with E-state index in [4.69, 9.17) is 14.2 Å². The molecule has 0 N–H and O–H groups in total. The molecule has 0 fully saturated rings. The number of hydrogen-bond donors (Lipinski definition) is 0. The summed E-state index contributed by atoms with van der Waals surface area (Å²) in [4.78, 5) is 37.8. The molecule has 0 saturated carbocycles. The second kappa shape index (κ2) is 49.0. The monoisotopic (exact) mass is 841 g/mol. The SMILES string of the molecule is CCCCCCCC/C=C/C/C=C/CCC(=O)OCC(COC(=O)CCCCCCCCCCCCCCCCCC)OC(=O)CC/C=C/C/C=C/CCCCCCCC. The average Bonchev–Trinajstić information content (AvgIpc) is 3.24. The third-order valence-corrected chi connectivity index (χ3v) is 11.1. The molecule has 0 saturated heterocycles. The number of rotatable bonds is 46. The lowest BCUT2D eigenvalue weighted by Gasteiger charge is -2.18. The van der Waals surface area contributed by atoms with Crippen LogP contribution in [-0.4, -0.2) is 37.2 Å². The first-order valence-electron chi connectivity index (χ1n) is 25.6. The molecule has 0 amide bonds. The normalized spacial score (nSPS) is 12.4. The molecular formula is C54H96O6. The van der Waals surface area contributed by atoms with Gasteiger partial charge in [0, 0.05) is 19.3 Å². The van der Waals surface area contributed by atoms with E-state index >= 15 is 0 Å². The molecule has 348 valence electrons.